The summed E-state index contributed by atoms with van der Waals surface area (Å²) < 4.78 is 7.21. The van der Waals surface area contributed by atoms with E-state index in [4.69, 9.17) is 4.74 Å². The van der Waals surface area contributed by atoms with E-state index in [1.165, 1.54) is 0 Å². The normalized spacial score (nSPS) is 18.8. The number of benzene rings is 1. The average molecular weight is 369 g/mol. The number of hydrogen-bond acceptors (Lipinski definition) is 5. The SMILES string of the molecule is COc1ccccc1CN1CC(C(=O)Nc2cnn3c2NCCC3)CC1=O. The molecule has 142 valence electrons. The summed E-state index contributed by atoms with van der Waals surface area (Å²) in [4.78, 5) is 26.8. The highest BCUT2D eigenvalue weighted by Crippen LogP contribution is 2.28. The fourth-order valence-corrected chi connectivity index (χ4v) is 3.64. The first kappa shape index (κ1) is 17.4. The lowest BCUT2D eigenvalue weighted by Gasteiger charge is -2.19. The van der Waals surface area contributed by atoms with Crippen LogP contribution in [0.1, 0.15) is 18.4 Å². The maximum absolute atomic E-state index is 12.7. The van der Waals surface area contributed by atoms with Crippen LogP contribution in [0.3, 0.4) is 0 Å². The zero-order valence-electron chi connectivity index (χ0n) is 15.3. The first-order valence-electron chi connectivity index (χ1n) is 9.16. The zero-order chi connectivity index (χ0) is 18.8. The molecule has 8 heteroatoms. The molecule has 2 aliphatic rings. The molecule has 0 radical (unpaired) electrons. The number of hydrogen-bond donors (Lipinski definition) is 2. The number of rotatable bonds is 5. The van der Waals surface area contributed by atoms with Gasteiger partial charge in [0, 0.05) is 38.2 Å². The van der Waals surface area contributed by atoms with Gasteiger partial charge < -0.3 is 20.3 Å². The van der Waals surface area contributed by atoms with Crippen molar-refractivity contribution in [3.63, 3.8) is 0 Å². The van der Waals surface area contributed by atoms with Crippen LogP contribution in [0.4, 0.5) is 11.5 Å². The molecule has 1 aromatic heterocycles. The van der Waals surface area contributed by atoms with E-state index in [1.807, 2.05) is 28.9 Å². The van der Waals surface area contributed by atoms with Crippen molar-refractivity contribution >= 4 is 23.3 Å². The van der Waals surface area contributed by atoms with Gasteiger partial charge >= 0.3 is 0 Å². The fraction of sp³-hybridized carbons (Fsp3) is 0.421. The van der Waals surface area contributed by atoms with Crippen LogP contribution < -0.4 is 15.4 Å². The largest absolute Gasteiger partial charge is 0.496 e. The Balaban J connectivity index is 1.41. The van der Waals surface area contributed by atoms with Crippen molar-refractivity contribution in [1.82, 2.24) is 14.7 Å². The summed E-state index contributed by atoms with van der Waals surface area (Å²) in [5.74, 6) is 1.05. The Kier molecular flexibility index (Phi) is 4.70. The van der Waals surface area contributed by atoms with Crippen LogP contribution in [0.2, 0.25) is 0 Å². The molecule has 1 fully saturated rings. The van der Waals surface area contributed by atoms with Gasteiger partial charge in [0.15, 0.2) is 0 Å². The quantitative estimate of drug-likeness (QED) is 0.837. The van der Waals surface area contributed by atoms with E-state index in [0.29, 0.717) is 18.8 Å². The molecule has 4 rings (SSSR count). The number of para-hydroxylation sites is 1. The van der Waals surface area contributed by atoms with Gasteiger partial charge in [-0.25, -0.2) is 4.68 Å². The lowest BCUT2D eigenvalue weighted by atomic mass is 10.1. The van der Waals surface area contributed by atoms with E-state index in [9.17, 15) is 9.59 Å². The van der Waals surface area contributed by atoms with Crippen LogP contribution in [-0.2, 0) is 22.7 Å². The van der Waals surface area contributed by atoms with E-state index in [0.717, 1.165) is 36.6 Å². The van der Waals surface area contributed by atoms with Gasteiger partial charge in [-0.3, -0.25) is 9.59 Å². The van der Waals surface area contributed by atoms with Crippen LogP contribution in [0.25, 0.3) is 0 Å². The van der Waals surface area contributed by atoms with Crippen molar-refractivity contribution in [1.29, 1.82) is 0 Å². The Bertz CT molecular complexity index is 863. The number of methoxy groups -OCH3 is 1. The average Bonchev–Trinajstić information content (AvgIpc) is 3.26. The lowest BCUT2D eigenvalue weighted by molar-refractivity contribution is -0.128. The van der Waals surface area contributed by atoms with Crippen LogP contribution in [0, 0.1) is 5.92 Å². The Morgan fingerprint density at radius 2 is 2.26 bits per heavy atom. The number of likely N-dealkylation sites (tertiary alicyclic amines) is 1. The maximum Gasteiger partial charge on any atom is 0.229 e. The van der Waals surface area contributed by atoms with E-state index in [-0.39, 0.29) is 24.2 Å². The smallest absolute Gasteiger partial charge is 0.229 e. The minimum atomic E-state index is -0.369. The molecular weight excluding hydrogens is 346 g/mol. The molecular formula is C19H23N5O3. The highest BCUT2D eigenvalue weighted by molar-refractivity contribution is 5.98. The minimum absolute atomic E-state index is 0.0174. The minimum Gasteiger partial charge on any atom is -0.496 e. The number of aryl methyl sites for hydroxylation is 1. The number of amides is 2. The second-order valence-corrected chi connectivity index (χ2v) is 6.89. The Hall–Kier alpha value is -3.03. The molecule has 0 saturated carbocycles. The van der Waals surface area contributed by atoms with Crippen molar-refractivity contribution in [2.45, 2.75) is 25.9 Å². The van der Waals surface area contributed by atoms with Crippen molar-refractivity contribution in [2.24, 2.45) is 5.92 Å². The summed E-state index contributed by atoms with van der Waals surface area (Å²) in [6.07, 6.45) is 2.89. The first-order chi connectivity index (χ1) is 13.2. The Morgan fingerprint density at radius 3 is 3.11 bits per heavy atom. The number of carbonyl (C=O) groups is 2. The number of anilines is 2. The van der Waals surface area contributed by atoms with Crippen molar-refractivity contribution < 1.29 is 14.3 Å². The molecule has 2 aromatic rings. The van der Waals surface area contributed by atoms with Gasteiger partial charge in [-0.05, 0) is 12.5 Å². The van der Waals surface area contributed by atoms with Gasteiger partial charge in [0.1, 0.15) is 17.3 Å². The third-order valence-electron chi connectivity index (χ3n) is 5.08. The molecule has 2 aliphatic heterocycles. The standard InChI is InChI=1S/C19H23N5O3/c1-27-16-6-3-2-5-13(16)11-23-12-14(9-17(23)25)19(26)22-15-10-21-24-8-4-7-20-18(15)24/h2-3,5-6,10,14,20H,4,7-9,11-12H2,1H3,(H,22,26). The van der Waals surface area contributed by atoms with E-state index in [1.54, 1.807) is 18.2 Å². The number of fused-ring (bicyclic) bond motifs is 1. The monoisotopic (exact) mass is 369 g/mol. The molecule has 2 amide bonds. The Morgan fingerprint density at radius 1 is 1.41 bits per heavy atom. The van der Waals surface area contributed by atoms with Gasteiger partial charge in [-0.2, -0.15) is 5.10 Å². The molecule has 8 nitrogen and oxygen atoms in total. The highest BCUT2D eigenvalue weighted by atomic mass is 16.5. The third-order valence-corrected chi connectivity index (χ3v) is 5.08. The van der Waals surface area contributed by atoms with Crippen LogP contribution in [0.5, 0.6) is 5.75 Å². The van der Waals surface area contributed by atoms with E-state index < -0.39 is 0 Å². The van der Waals surface area contributed by atoms with Crippen LogP contribution >= 0.6 is 0 Å². The molecule has 2 N–H and O–H groups in total. The molecule has 0 bridgehead atoms. The van der Waals surface area contributed by atoms with Gasteiger partial charge in [-0.1, -0.05) is 18.2 Å². The zero-order valence-corrected chi connectivity index (χ0v) is 15.3. The summed E-state index contributed by atoms with van der Waals surface area (Å²) in [6.45, 7) is 2.55. The number of nitrogens with one attached hydrogen (secondary N) is 2. The lowest BCUT2D eigenvalue weighted by Crippen LogP contribution is -2.28. The van der Waals surface area contributed by atoms with Gasteiger partial charge in [0.25, 0.3) is 0 Å². The predicted octanol–water partition coefficient (Wildman–Crippen LogP) is 1.69. The summed E-state index contributed by atoms with van der Waals surface area (Å²) in [7, 11) is 1.61. The Labute approximate surface area is 157 Å². The number of nitrogens with zero attached hydrogens (tertiary/aromatic N) is 3. The molecule has 0 spiro atoms. The maximum atomic E-state index is 12.7. The highest BCUT2D eigenvalue weighted by Gasteiger charge is 2.35. The fourth-order valence-electron chi connectivity index (χ4n) is 3.64. The van der Waals surface area contributed by atoms with E-state index in [2.05, 4.69) is 15.7 Å². The van der Waals surface area contributed by atoms with E-state index >= 15 is 0 Å². The number of carbonyl (C=O) groups excluding carboxylic acids is 2. The van der Waals surface area contributed by atoms with Gasteiger partial charge in [-0.15, -0.1) is 0 Å². The first-order valence-corrected chi connectivity index (χ1v) is 9.16. The van der Waals surface area contributed by atoms with Crippen LogP contribution in [0.15, 0.2) is 30.5 Å². The van der Waals surface area contributed by atoms with Crippen molar-refractivity contribution in [3.05, 3.63) is 36.0 Å². The van der Waals surface area contributed by atoms with Gasteiger partial charge in [0.05, 0.1) is 19.2 Å². The number of ether oxygens (including phenoxy) is 1. The summed E-state index contributed by atoms with van der Waals surface area (Å²) in [6, 6.07) is 7.62. The summed E-state index contributed by atoms with van der Waals surface area (Å²) in [5.41, 5.74) is 1.61. The summed E-state index contributed by atoms with van der Waals surface area (Å²) in [5, 5.41) is 10.5. The molecule has 1 unspecified atom stereocenters. The third kappa shape index (κ3) is 3.47. The van der Waals surface area contributed by atoms with Crippen LogP contribution in [-0.4, -0.2) is 46.7 Å². The molecule has 0 aliphatic carbocycles. The predicted molar refractivity (Wildman–Crippen MR) is 100 cm³/mol. The molecule has 27 heavy (non-hydrogen) atoms. The number of aromatic nitrogens is 2. The second-order valence-electron chi connectivity index (χ2n) is 6.89. The summed E-state index contributed by atoms with van der Waals surface area (Å²) >= 11 is 0. The molecule has 3 heterocycles. The van der Waals surface area contributed by atoms with Crippen molar-refractivity contribution in [2.75, 3.05) is 30.8 Å². The molecule has 1 aromatic carbocycles. The van der Waals surface area contributed by atoms with Crippen molar-refractivity contribution in [3.8, 4) is 5.75 Å². The molecule has 1 atom stereocenters. The second kappa shape index (κ2) is 7.30. The topological polar surface area (TPSA) is 88.5 Å². The van der Waals surface area contributed by atoms with Gasteiger partial charge in [0.2, 0.25) is 11.8 Å². The molecule has 1 saturated heterocycles.